The molecule has 0 radical (unpaired) electrons. The Morgan fingerprint density at radius 3 is 2.00 bits per heavy atom. The van der Waals surface area contributed by atoms with E-state index in [2.05, 4.69) is 15.9 Å². The minimum absolute atomic E-state index is 0.130. The van der Waals surface area contributed by atoms with E-state index in [9.17, 15) is 26.3 Å². The van der Waals surface area contributed by atoms with Gasteiger partial charge in [-0.15, -0.1) is 0 Å². The Kier molecular flexibility index (Phi) is 5.87. The summed E-state index contributed by atoms with van der Waals surface area (Å²) in [7, 11) is 1.56. The summed E-state index contributed by atoms with van der Waals surface area (Å²) in [5.74, 6) is 0. The van der Waals surface area contributed by atoms with Crippen LogP contribution in [0, 0.1) is 0 Å². The SMILES string of the molecule is CC(c1ccc(C(F)(F)F)c(Br)c1)N(C)c1ccc(Cl)c(C(F)(F)F)c1. The zero-order valence-corrected chi connectivity index (χ0v) is 15.9. The van der Waals surface area contributed by atoms with Crippen LogP contribution in [-0.2, 0) is 12.4 Å². The smallest absolute Gasteiger partial charge is 0.368 e. The standard InChI is InChI=1S/C17H13BrClF6N/c1-9(10-3-5-12(14(18)7-10)16(20,21)22)26(2)11-4-6-15(19)13(8-11)17(23,24)25/h3-9H,1-2H3. The minimum Gasteiger partial charge on any atom is -0.368 e. The van der Waals surface area contributed by atoms with Crippen molar-refractivity contribution < 1.29 is 26.3 Å². The highest BCUT2D eigenvalue weighted by Gasteiger charge is 2.34. The maximum Gasteiger partial charge on any atom is 0.417 e. The van der Waals surface area contributed by atoms with E-state index >= 15 is 0 Å². The second-order valence-electron chi connectivity index (χ2n) is 5.69. The summed E-state index contributed by atoms with van der Waals surface area (Å²) in [4.78, 5) is 1.53. The molecule has 0 spiro atoms. The Hall–Kier alpha value is -1.41. The molecule has 2 aromatic rings. The van der Waals surface area contributed by atoms with Crippen LogP contribution in [0.5, 0.6) is 0 Å². The molecule has 2 aromatic carbocycles. The minimum atomic E-state index is -4.60. The van der Waals surface area contributed by atoms with Crippen molar-refractivity contribution in [3.8, 4) is 0 Å². The molecule has 0 amide bonds. The average Bonchev–Trinajstić information content (AvgIpc) is 2.51. The van der Waals surface area contributed by atoms with E-state index in [1.54, 1.807) is 14.0 Å². The Bertz CT molecular complexity index is 803. The molecule has 0 aliphatic carbocycles. The fourth-order valence-corrected chi connectivity index (χ4v) is 3.26. The molecule has 142 valence electrons. The maximum atomic E-state index is 13.0. The van der Waals surface area contributed by atoms with Gasteiger partial charge in [0.2, 0.25) is 0 Å². The van der Waals surface area contributed by atoms with Crippen LogP contribution in [0.25, 0.3) is 0 Å². The first-order chi connectivity index (χ1) is 11.8. The molecule has 2 rings (SSSR count). The van der Waals surface area contributed by atoms with Crippen molar-refractivity contribution in [1.29, 1.82) is 0 Å². The molecule has 0 fully saturated rings. The van der Waals surface area contributed by atoms with Crippen LogP contribution < -0.4 is 4.90 Å². The maximum absolute atomic E-state index is 13.0. The lowest BCUT2D eigenvalue weighted by Crippen LogP contribution is -2.22. The molecule has 1 unspecified atom stereocenters. The summed E-state index contributed by atoms with van der Waals surface area (Å²) in [5.41, 5.74) is -1.03. The Balaban J connectivity index is 2.36. The summed E-state index contributed by atoms with van der Waals surface area (Å²) in [6.45, 7) is 1.68. The van der Waals surface area contributed by atoms with Gasteiger partial charge < -0.3 is 4.90 Å². The lowest BCUT2D eigenvalue weighted by atomic mass is 10.0. The lowest BCUT2D eigenvalue weighted by molar-refractivity contribution is -0.138. The van der Waals surface area contributed by atoms with Gasteiger partial charge >= 0.3 is 12.4 Å². The molecule has 1 atom stereocenters. The topological polar surface area (TPSA) is 3.24 Å². The second-order valence-corrected chi connectivity index (χ2v) is 6.95. The van der Waals surface area contributed by atoms with Gasteiger partial charge in [-0.1, -0.05) is 33.6 Å². The van der Waals surface area contributed by atoms with Crippen LogP contribution in [0.4, 0.5) is 32.0 Å². The third-order valence-corrected chi connectivity index (χ3v) is 5.01. The normalized spacial score (nSPS) is 13.6. The average molecular weight is 461 g/mol. The van der Waals surface area contributed by atoms with Crippen LogP contribution in [0.15, 0.2) is 40.9 Å². The van der Waals surface area contributed by atoms with Gasteiger partial charge in [-0.05, 0) is 42.8 Å². The van der Waals surface area contributed by atoms with Crippen LogP contribution in [-0.4, -0.2) is 7.05 Å². The largest absolute Gasteiger partial charge is 0.417 e. The summed E-state index contributed by atoms with van der Waals surface area (Å²) in [6, 6.07) is 6.56. The van der Waals surface area contributed by atoms with Crippen molar-refractivity contribution >= 4 is 33.2 Å². The van der Waals surface area contributed by atoms with Crippen molar-refractivity contribution in [2.75, 3.05) is 11.9 Å². The first kappa shape index (κ1) is 20.9. The molecule has 0 bridgehead atoms. The zero-order valence-electron chi connectivity index (χ0n) is 13.5. The Morgan fingerprint density at radius 1 is 0.923 bits per heavy atom. The highest BCUT2D eigenvalue weighted by atomic mass is 79.9. The highest BCUT2D eigenvalue weighted by Crippen LogP contribution is 2.39. The summed E-state index contributed by atoms with van der Waals surface area (Å²) in [5, 5.41) is -0.417. The van der Waals surface area contributed by atoms with Crippen LogP contribution in [0.2, 0.25) is 5.02 Å². The van der Waals surface area contributed by atoms with E-state index in [1.165, 1.54) is 23.1 Å². The number of hydrogen-bond acceptors (Lipinski definition) is 1. The predicted molar refractivity (Wildman–Crippen MR) is 92.4 cm³/mol. The molecule has 0 aromatic heterocycles. The Labute approximate surface area is 159 Å². The molecule has 26 heavy (non-hydrogen) atoms. The molecular formula is C17H13BrClF6N. The van der Waals surface area contributed by atoms with Crippen LogP contribution in [0.3, 0.4) is 0 Å². The van der Waals surface area contributed by atoms with Crippen molar-refractivity contribution in [3.05, 3.63) is 62.6 Å². The van der Waals surface area contributed by atoms with Crippen molar-refractivity contribution in [3.63, 3.8) is 0 Å². The van der Waals surface area contributed by atoms with Gasteiger partial charge in [0.1, 0.15) is 0 Å². The van der Waals surface area contributed by atoms with Crippen molar-refractivity contribution in [2.45, 2.75) is 25.3 Å². The highest BCUT2D eigenvalue weighted by molar-refractivity contribution is 9.10. The molecular weight excluding hydrogens is 448 g/mol. The van der Waals surface area contributed by atoms with Gasteiger partial charge in [0.15, 0.2) is 0 Å². The fraction of sp³-hybridized carbons (Fsp3) is 0.294. The molecule has 0 heterocycles. The number of alkyl halides is 6. The third-order valence-electron chi connectivity index (χ3n) is 4.02. The van der Waals surface area contributed by atoms with Gasteiger partial charge in [-0.3, -0.25) is 0 Å². The van der Waals surface area contributed by atoms with Gasteiger partial charge in [0.05, 0.1) is 22.2 Å². The first-order valence-electron chi connectivity index (χ1n) is 7.28. The van der Waals surface area contributed by atoms with E-state index in [1.807, 2.05) is 0 Å². The van der Waals surface area contributed by atoms with Crippen molar-refractivity contribution in [1.82, 2.24) is 0 Å². The second kappa shape index (κ2) is 7.31. The number of nitrogens with zero attached hydrogens (tertiary/aromatic N) is 1. The van der Waals surface area contributed by atoms with Gasteiger partial charge in [-0.2, -0.15) is 26.3 Å². The van der Waals surface area contributed by atoms with E-state index in [0.717, 1.165) is 18.2 Å². The summed E-state index contributed by atoms with van der Waals surface area (Å²) < 4.78 is 77.4. The summed E-state index contributed by atoms with van der Waals surface area (Å²) >= 11 is 8.51. The molecule has 0 N–H and O–H groups in total. The van der Waals surface area contributed by atoms with Gasteiger partial charge in [-0.25, -0.2) is 0 Å². The van der Waals surface area contributed by atoms with Crippen LogP contribution in [0.1, 0.15) is 29.7 Å². The quantitative estimate of drug-likeness (QED) is 0.433. The lowest BCUT2D eigenvalue weighted by Gasteiger charge is -2.28. The number of rotatable bonds is 3. The van der Waals surface area contributed by atoms with Gasteiger partial charge in [0.25, 0.3) is 0 Å². The monoisotopic (exact) mass is 459 g/mol. The molecule has 0 aliphatic heterocycles. The number of benzene rings is 2. The molecule has 0 saturated heterocycles. The predicted octanol–water partition coefficient (Wildman–Crippen LogP) is 7.34. The van der Waals surface area contributed by atoms with Gasteiger partial charge in [0, 0.05) is 17.2 Å². The van der Waals surface area contributed by atoms with E-state index in [4.69, 9.17) is 11.6 Å². The number of halogens is 8. The number of hydrogen-bond donors (Lipinski definition) is 0. The van der Waals surface area contributed by atoms with E-state index < -0.39 is 34.5 Å². The zero-order chi connectivity index (χ0) is 19.9. The van der Waals surface area contributed by atoms with Crippen molar-refractivity contribution in [2.24, 2.45) is 0 Å². The van der Waals surface area contributed by atoms with E-state index in [0.29, 0.717) is 5.56 Å². The van der Waals surface area contributed by atoms with Crippen LogP contribution >= 0.6 is 27.5 Å². The first-order valence-corrected chi connectivity index (χ1v) is 8.45. The van der Waals surface area contributed by atoms with E-state index in [-0.39, 0.29) is 10.2 Å². The molecule has 9 heteroatoms. The molecule has 0 aliphatic rings. The third kappa shape index (κ3) is 4.46. The summed E-state index contributed by atoms with van der Waals surface area (Å²) in [6.07, 6.45) is -9.10. The number of anilines is 1. The molecule has 0 saturated carbocycles. The Morgan fingerprint density at radius 2 is 1.50 bits per heavy atom. The fourth-order valence-electron chi connectivity index (χ4n) is 2.42. The molecule has 1 nitrogen and oxygen atoms in total.